The van der Waals surface area contributed by atoms with Gasteiger partial charge in [0.1, 0.15) is 0 Å². The van der Waals surface area contributed by atoms with Crippen molar-refractivity contribution in [2.24, 2.45) is 0 Å². The van der Waals surface area contributed by atoms with Crippen LogP contribution in [0.25, 0.3) is 0 Å². The highest BCUT2D eigenvalue weighted by Gasteiger charge is 2.26. The van der Waals surface area contributed by atoms with Crippen LogP contribution in [0.3, 0.4) is 0 Å². The lowest BCUT2D eigenvalue weighted by Crippen LogP contribution is -2.42. The highest BCUT2D eigenvalue weighted by molar-refractivity contribution is 7.98. The zero-order valence-corrected chi connectivity index (χ0v) is 16.0. The Labute approximate surface area is 154 Å². The van der Waals surface area contributed by atoms with Gasteiger partial charge in [-0.1, -0.05) is 6.42 Å². The first-order chi connectivity index (χ1) is 12.3. The van der Waals surface area contributed by atoms with Gasteiger partial charge in [0.15, 0.2) is 0 Å². The van der Waals surface area contributed by atoms with E-state index in [1.807, 2.05) is 17.8 Å². The molecule has 2 saturated heterocycles. The van der Waals surface area contributed by atoms with Crippen LogP contribution in [0.1, 0.15) is 43.4 Å². The summed E-state index contributed by atoms with van der Waals surface area (Å²) in [5.41, 5.74) is 2.39. The third-order valence-corrected chi connectivity index (χ3v) is 6.95. The van der Waals surface area contributed by atoms with Crippen molar-refractivity contribution < 1.29 is 0 Å². The summed E-state index contributed by atoms with van der Waals surface area (Å²) in [6.45, 7) is 6.79. The van der Waals surface area contributed by atoms with Gasteiger partial charge < -0.3 is 4.90 Å². The van der Waals surface area contributed by atoms with Gasteiger partial charge in [-0.15, -0.1) is 0 Å². The molecule has 0 radical (unpaired) electrons. The summed E-state index contributed by atoms with van der Waals surface area (Å²) < 4.78 is 1.75. The molecule has 3 aliphatic rings. The average molecular weight is 363 g/mol. The van der Waals surface area contributed by atoms with E-state index in [9.17, 15) is 4.79 Å². The second kappa shape index (κ2) is 8.23. The molecular weight excluding hydrogens is 332 g/mol. The predicted molar refractivity (Wildman–Crippen MR) is 103 cm³/mol. The minimum atomic E-state index is 0.0872. The van der Waals surface area contributed by atoms with E-state index in [0.717, 1.165) is 42.3 Å². The van der Waals surface area contributed by atoms with Gasteiger partial charge in [0.25, 0.3) is 5.56 Å². The first-order valence-electron chi connectivity index (χ1n) is 9.94. The molecule has 2 fully saturated rings. The van der Waals surface area contributed by atoms with Crippen LogP contribution >= 0.6 is 11.8 Å². The number of rotatable bonds is 5. The molecule has 0 N–H and O–H groups in total. The van der Waals surface area contributed by atoms with Crippen LogP contribution in [0.2, 0.25) is 0 Å². The van der Waals surface area contributed by atoms with Crippen LogP contribution in [0, 0.1) is 0 Å². The van der Waals surface area contributed by atoms with Gasteiger partial charge in [-0.3, -0.25) is 9.69 Å². The fourth-order valence-corrected chi connectivity index (χ4v) is 5.38. The highest BCUT2D eigenvalue weighted by atomic mass is 32.2. The standard InChI is InChI=1S/C19H30N4OS/c24-19-13-16-15-25-12-6-18(16)20-23(19)14-17-5-4-9-22(17)11-10-21-7-2-1-3-8-21/h13,17H,1-12,14-15H2. The molecule has 25 heavy (non-hydrogen) atoms. The normalized spacial score (nSPS) is 25.2. The highest BCUT2D eigenvalue weighted by Crippen LogP contribution is 2.22. The Kier molecular flexibility index (Phi) is 5.78. The quantitative estimate of drug-likeness (QED) is 0.801. The van der Waals surface area contributed by atoms with Gasteiger partial charge >= 0.3 is 0 Å². The molecule has 0 aliphatic carbocycles. The van der Waals surface area contributed by atoms with Crippen LogP contribution in [0.4, 0.5) is 0 Å². The lowest BCUT2D eigenvalue weighted by molar-refractivity contribution is 0.164. The number of nitrogens with zero attached hydrogens (tertiary/aromatic N) is 4. The number of aryl methyl sites for hydroxylation is 1. The largest absolute Gasteiger partial charge is 0.302 e. The molecule has 138 valence electrons. The van der Waals surface area contributed by atoms with Crippen LogP contribution in [0.5, 0.6) is 0 Å². The Bertz CT molecular complexity index is 641. The zero-order chi connectivity index (χ0) is 17.1. The van der Waals surface area contributed by atoms with E-state index in [0.29, 0.717) is 6.04 Å². The first-order valence-corrected chi connectivity index (χ1v) is 11.1. The van der Waals surface area contributed by atoms with Gasteiger partial charge in [-0.2, -0.15) is 16.9 Å². The Morgan fingerprint density at radius 3 is 2.88 bits per heavy atom. The number of hydrogen-bond acceptors (Lipinski definition) is 5. The van der Waals surface area contributed by atoms with Crippen LogP contribution < -0.4 is 5.56 Å². The zero-order valence-electron chi connectivity index (χ0n) is 15.2. The van der Waals surface area contributed by atoms with Gasteiger partial charge in [-0.05, 0) is 56.6 Å². The van der Waals surface area contributed by atoms with Crippen LogP contribution in [-0.2, 0) is 18.7 Å². The van der Waals surface area contributed by atoms with E-state index in [2.05, 4.69) is 9.80 Å². The van der Waals surface area contributed by atoms with Crippen molar-refractivity contribution in [2.45, 2.75) is 56.9 Å². The smallest absolute Gasteiger partial charge is 0.267 e. The number of hydrogen-bond donors (Lipinski definition) is 0. The van der Waals surface area contributed by atoms with E-state index >= 15 is 0 Å². The molecule has 1 atom stereocenters. The van der Waals surface area contributed by atoms with E-state index in [-0.39, 0.29) is 5.56 Å². The topological polar surface area (TPSA) is 41.4 Å². The molecule has 6 heteroatoms. The lowest BCUT2D eigenvalue weighted by atomic mass is 10.1. The number of likely N-dealkylation sites (tertiary alicyclic amines) is 2. The van der Waals surface area contributed by atoms with Crippen molar-refractivity contribution in [1.82, 2.24) is 19.6 Å². The summed E-state index contributed by atoms with van der Waals surface area (Å²) >= 11 is 1.90. The van der Waals surface area contributed by atoms with Crippen molar-refractivity contribution in [3.8, 4) is 0 Å². The Morgan fingerprint density at radius 2 is 2.00 bits per heavy atom. The van der Waals surface area contributed by atoms with E-state index in [1.54, 1.807) is 4.68 Å². The number of piperidine rings is 1. The molecular formula is C19H30N4OS. The summed E-state index contributed by atoms with van der Waals surface area (Å²) in [6.07, 6.45) is 7.56. The van der Waals surface area contributed by atoms with Crippen molar-refractivity contribution in [3.63, 3.8) is 0 Å². The maximum absolute atomic E-state index is 12.5. The number of fused-ring (bicyclic) bond motifs is 1. The maximum atomic E-state index is 12.5. The molecule has 0 bridgehead atoms. The van der Waals surface area contributed by atoms with Crippen molar-refractivity contribution in [3.05, 3.63) is 27.7 Å². The lowest BCUT2D eigenvalue weighted by Gasteiger charge is -2.31. The molecule has 4 rings (SSSR count). The van der Waals surface area contributed by atoms with Gasteiger partial charge in [0.05, 0.1) is 12.2 Å². The second-order valence-corrected chi connectivity index (χ2v) is 8.78. The van der Waals surface area contributed by atoms with E-state index in [1.165, 1.54) is 58.3 Å². The SMILES string of the molecule is O=c1cc2c(nn1CC1CCCN1CCN1CCCCC1)CCSC2. The molecule has 4 heterocycles. The monoisotopic (exact) mass is 362 g/mol. The van der Waals surface area contributed by atoms with Gasteiger partial charge in [-0.25, -0.2) is 4.68 Å². The summed E-state index contributed by atoms with van der Waals surface area (Å²) in [5.74, 6) is 2.08. The van der Waals surface area contributed by atoms with Crippen molar-refractivity contribution in [1.29, 1.82) is 0 Å². The molecule has 1 aromatic heterocycles. The Hall–Kier alpha value is -0.850. The van der Waals surface area contributed by atoms with E-state index < -0.39 is 0 Å². The third kappa shape index (κ3) is 4.29. The summed E-state index contributed by atoms with van der Waals surface area (Å²) in [5, 5.41) is 4.71. The van der Waals surface area contributed by atoms with Crippen molar-refractivity contribution in [2.75, 3.05) is 38.5 Å². The average Bonchev–Trinajstić information content (AvgIpc) is 3.08. The number of thioether (sulfide) groups is 1. The van der Waals surface area contributed by atoms with Crippen LogP contribution in [-0.4, -0.2) is 64.1 Å². The molecule has 0 saturated carbocycles. The molecule has 0 spiro atoms. The number of aromatic nitrogens is 2. The molecule has 1 unspecified atom stereocenters. The van der Waals surface area contributed by atoms with Crippen molar-refractivity contribution >= 4 is 11.8 Å². The fourth-order valence-electron chi connectivity index (χ4n) is 4.43. The third-order valence-electron chi connectivity index (χ3n) is 5.94. The molecule has 0 aromatic carbocycles. The van der Waals surface area contributed by atoms with Crippen LogP contribution in [0.15, 0.2) is 10.9 Å². The second-order valence-electron chi connectivity index (χ2n) is 7.67. The Balaban J connectivity index is 1.38. The minimum Gasteiger partial charge on any atom is -0.302 e. The summed E-state index contributed by atoms with van der Waals surface area (Å²) in [4.78, 5) is 17.7. The molecule has 0 amide bonds. The summed E-state index contributed by atoms with van der Waals surface area (Å²) in [6, 6.07) is 2.31. The fraction of sp³-hybridized carbons (Fsp3) is 0.789. The van der Waals surface area contributed by atoms with Gasteiger partial charge in [0, 0.05) is 37.4 Å². The summed E-state index contributed by atoms with van der Waals surface area (Å²) in [7, 11) is 0. The first kappa shape index (κ1) is 17.6. The predicted octanol–water partition coefficient (Wildman–Crippen LogP) is 1.98. The molecule has 5 nitrogen and oxygen atoms in total. The molecule has 1 aromatic rings. The minimum absolute atomic E-state index is 0.0872. The van der Waals surface area contributed by atoms with E-state index in [4.69, 9.17) is 5.10 Å². The maximum Gasteiger partial charge on any atom is 0.267 e. The Morgan fingerprint density at radius 1 is 1.12 bits per heavy atom. The van der Waals surface area contributed by atoms with Gasteiger partial charge in [0.2, 0.25) is 0 Å². The molecule has 3 aliphatic heterocycles.